The average Bonchev–Trinajstić information content (AvgIpc) is 3.35. The molecule has 0 fully saturated rings. The Kier molecular flexibility index (Phi) is 44.6. The molecule has 0 aromatic carbocycles. The molecule has 0 heterocycles. The van der Waals surface area contributed by atoms with Crippen molar-refractivity contribution in [3.63, 3.8) is 0 Å². The van der Waals surface area contributed by atoms with E-state index in [-0.39, 0.29) is 91.4 Å². The molecule has 0 bridgehead atoms. The van der Waals surface area contributed by atoms with Crippen LogP contribution in [0.5, 0.6) is 0 Å². The summed E-state index contributed by atoms with van der Waals surface area (Å²) in [4.78, 5) is 80.7. The lowest BCUT2D eigenvalue weighted by molar-refractivity contribution is -0.175. The van der Waals surface area contributed by atoms with Crippen LogP contribution in [0.2, 0.25) is 0 Å². The predicted molar refractivity (Wildman–Crippen MR) is 309 cm³/mol. The second-order valence-electron chi connectivity index (χ2n) is 25.4. The highest BCUT2D eigenvalue weighted by Gasteiger charge is 2.41. The number of ether oxygens (including phenoxy) is 7. The Labute approximate surface area is 470 Å². The van der Waals surface area contributed by atoms with E-state index < -0.39 is 46.6 Å². The molecular weight excluding hydrogens is 977 g/mol. The second kappa shape index (κ2) is 46.5. The van der Waals surface area contributed by atoms with Crippen LogP contribution in [0.25, 0.3) is 0 Å². The summed E-state index contributed by atoms with van der Waals surface area (Å²) in [5.74, 6) is 0.838. The molecule has 0 rings (SSSR count). The molecule has 452 valence electrons. The number of hydrogen-bond donors (Lipinski definition) is 0. The number of carbonyl (C=O) groups excluding carboxylic acids is 6. The normalized spacial score (nSPS) is 12.1. The van der Waals surface area contributed by atoms with Crippen LogP contribution in [0.4, 0.5) is 0 Å². The number of rotatable bonds is 52. The van der Waals surface area contributed by atoms with Crippen LogP contribution < -0.4 is 0 Å². The molecule has 0 radical (unpaired) electrons. The van der Waals surface area contributed by atoms with Gasteiger partial charge in [0, 0.05) is 38.5 Å². The predicted octanol–water partition coefficient (Wildman–Crippen LogP) is 15.9. The number of hydrogen-bond acceptors (Lipinski definition) is 13. The Morgan fingerprint density at radius 2 is 0.390 bits per heavy atom. The molecule has 0 aliphatic heterocycles. The van der Waals surface area contributed by atoms with E-state index in [1.54, 1.807) is 0 Å². The van der Waals surface area contributed by atoms with Gasteiger partial charge in [-0.05, 0) is 74.0 Å². The van der Waals surface area contributed by atoms with E-state index in [4.69, 9.17) is 33.2 Å². The van der Waals surface area contributed by atoms with Gasteiger partial charge in [-0.3, -0.25) is 28.8 Å². The molecule has 0 unspecified atom stereocenters. The van der Waals surface area contributed by atoms with E-state index in [1.165, 1.54) is 0 Å². The van der Waals surface area contributed by atoms with Gasteiger partial charge in [0.2, 0.25) is 0 Å². The van der Waals surface area contributed by atoms with Crippen molar-refractivity contribution in [1.29, 1.82) is 0 Å². The van der Waals surface area contributed by atoms with Crippen LogP contribution in [0.1, 0.15) is 276 Å². The third-order valence-electron chi connectivity index (χ3n) is 14.0. The van der Waals surface area contributed by atoms with Crippen molar-refractivity contribution in [2.24, 2.45) is 46.3 Å². The van der Waals surface area contributed by atoms with Crippen molar-refractivity contribution in [3.8, 4) is 0 Å². The summed E-state index contributed by atoms with van der Waals surface area (Å²) < 4.78 is 42.5. The van der Waals surface area contributed by atoms with Gasteiger partial charge in [0.15, 0.2) is 0 Å². The molecule has 0 aliphatic rings. The summed E-state index contributed by atoms with van der Waals surface area (Å²) in [5, 5.41) is 0. The molecule has 0 saturated carbocycles. The van der Waals surface area contributed by atoms with Crippen LogP contribution in [0.3, 0.4) is 0 Å². The van der Waals surface area contributed by atoms with Gasteiger partial charge in [-0.1, -0.05) is 199 Å². The monoisotopic (exact) mass is 1090 g/mol. The quantitative estimate of drug-likeness (QED) is 0.0321. The minimum Gasteiger partial charge on any atom is -0.465 e. The Balaban J connectivity index is 7.08. The number of unbranched alkanes of at least 4 members (excludes halogenated alkanes) is 12. The van der Waals surface area contributed by atoms with Crippen LogP contribution in [0.15, 0.2) is 0 Å². The summed E-state index contributed by atoms with van der Waals surface area (Å²) in [5.41, 5.74) is -2.71. The van der Waals surface area contributed by atoms with Gasteiger partial charge in [-0.2, -0.15) is 0 Å². The standard InChI is InChI=1S/C64H118O13/c1-51(2)31-19-13-25-37-57(65)72-45-63(46-73-58(66)38-26-14-20-32-52(3)4,47-74-59(67)39-27-15-21-33-53(5)6)43-71-44-64(48-75-60(68)40-28-16-22-34-54(7)8,49-76-61(69)41-29-17-23-35-55(9)10)50-77-62(70)42-30-18-24-36-56(11)12/h51-56H,13-50H2,1-12H3. The molecule has 0 aliphatic carbocycles. The van der Waals surface area contributed by atoms with Gasteiger partial charge in [0.05, 0.1) is 24.0 Å². The molecule has 77 heavy (non-hydrogen) atoms. The maximum absolute atomic E-state index is 13.4. The molecule has 13 heteroatoms. The van der Waals surface area contributed by atoms with Gasteiger partial charge < -0.3 is 33.2 Å². The SMILES string of the molecule is CC(C)CCCCCC(=O)OCC(COCC(COC(=O)CCCCCC(C)C)(COC(=O)CCCCCC(C)C)COC(=O)CCCCCC(C)C)(COC(=O)CCCCCC(C)C)COC(=O)CCCCCC(C)C. The summed E-state index contributed by atoms with van der Waals surface area (Å²) in [6.07, 6.45) is 22.7. The zero-order valence-electron chi connectivity index (χ0n) is 51.6. The van der Waals surface area contributed by atoms with Crippen molar-refractivity contribution >= 4 is 35.8 Å². The van der Waals surface area contributed by atoms with Crippen LogP contribution >= 0.6 is 0 Å². The Morgan fingerprint density at radius 3 is 0.532 bits per heavy atom. The second-order valence-corrected chi connectivity index (χ2v) is 25.4. The van der Waals surface area contributed by atoms with E-state index in [1.807, 2.05) is 0 Å². The van der Waals surface area contributed by atoms with Gasteiger partial charge in [0.1, 0.15) is 39.6 Å². The third kappa shape index (κ3) is 46.3. The molecule has 0 amide bonds. The van der Waals surface area contributed by atoms with E-state index in [2.05, 4.69) is 83.1 Å². The molecule has 0 aromatic heterocycles. The lowest BCUT2D eigenvalue weighted by Crippen LogP contribution is -2.47. The molecule has 0 spiro atoms. The molecule has 0 atom stereocenters. The van der Waals surface area contributed by atoms with Crippen molar-refractivity contribution < 1.29 is 61.9 Å². The lowest BCUT2D eigenvalue weighted by Gasteiger charge is -2.35. The summed E-state index contributed by atoms with van der Waals surface area (Å²) in [7, 11) is 0. The first-order valence-corrected chi connectivity index (χ1v) is 31.1. The first kappa shape index (κ1) is 73.8. The number of esters is 6. The Bertz CT molecular complexity index is 1240. The van der Waals surface area contributed by atoms with E-state index >= 15 is 0 Å². The molecule has 0 N–H and O–H groups in total. The highest BCUT2D eigenvalue weighted by Crippen LogP contribution is 2.28. The minimum atomic E-state index is -1.36. The minimum absolute atomic E-state index is 0.194. The highest BCUT2D eigenvalue weighted by atomic mass is 16.6. The van der Waals surface area contributed by atoms with Crippen molar-refractivity contribution in [3.05, 3.63) is 0 Å². The largest absolute Gasteiger partial charge is 0.465 e. The number of carbonyl (C=O) groups is 6. The molecule has 0 aromatic rings. The van der Waals surface area contributed by atoms with Gasteiger partial charge in [-0.15, -0.1) is 0 Å². The zero-order chi connectivity index (χ0) is 57.7. The Hall–Kier alpha value is -3.22. The summed E-state index contributed by atoms with van der Waals surface area (Å²) >= 11 is 0. The van der Waals surface area contributed by atoms with Gasteiger partial charge in [-0.25, -0.2) is 0 Å². The van der Waals surface area contributed by atoms with Gasteiger partial charge in [0.25, 0.3) is 0 Å². The molecule has 13 nitrogen and oxygen atoms in total. The Morgan fingerprint density at radius 1 is 0.234 bits per heavy atom. The first-order chi connectivity index (χ1) is 36.6. The highest BCUT2D eigenvalue weighted by molar-refractivity contribution is 5.71. The maximum Gasteiger partial charge on any atom is 0.305 e. The van der Waals surface area contributed by atoms with Crippen molar-refractivity contribution in [1.82, 2.24) is 0 Å². The summed E-state index contributed by atoms with van der Waals surface area (Å²) in [6, 6.07) is 0. The van der Waals surface area contributed by atoms with Crippen LogP contribution in [0, 0.1) is 46.3 Å². The zero-order valence-corrected chi connectivity index (χ0v) is 51.6. The first-order valence-electron chi connectivity index (χ1n) is 31.1. The fraction of sp³-hybridized carbons (Fsp3) is 0.906. The van der Waals surface area contributed by atoms with Gasteiger partial charge >= 0.3 is 35.8 Å². The molecular formula is C64H118O13. The summed E-state index contributed by atoms with van der Waals surface area (Å²) in [6.45, 7) is 24.0. The third-order valence-corrected chi connectivity index (χ3v) is 14.0. The van der Waals surface area contributed by atoms with Crippen molar-refractivity contribution in [2.75, 3.05) is 52.9 Å². The van der Waals surface area contributed by atoms with E-state index in [9.17, 15) is 28.8 Å². The average molecular weight is 1100 g/mol. The fourth-order valence-electron chi connectivity index (χ4n) is 8.81. The fourth-order valence-corrected chi connectivity index (χ4v) is 8.81. The topological polar surface area (TPSA) is 167 Å². The van der Waals surface area contributed by atoms with Crippen LogP contribution in [-0.4, -0.2) is 88.7 Å². The maximum atomic E-state index is 13.4. The van der Waals surface area contributed by atoms with E-state index in [0.29, 0.717) is 74.0 Å². The van der Waals surface area contributed by atoms with E-state index in [0.717, 1.165) is 116 Å². The smallest absolute Gasteiger partial charge is 0.305 e. The lowest BCUT2D eigenvalue weighted by atomic mass is 9.90. The van der Waals surface area contributed by atoms with Crippen LogP contribution in [-0.2, 0) is 61.9 Å². The van der Waals surface area contributed by atoms with Crippen molar-refractivity contribution in [2.45, 2.75) is 276 Å². The molecule has 0 saturated heterocycles.